The summed E-state index contributed by atoms with van der Waals surface area (Å²) < 4.78 is 18.6. The Morgan fingerprint density at radius 1 is 1.14 bits per heavy atom. The first kappa shape index (κ1) is 23.6. The molecule has 0 atom stereocenters. The largest absolute Gasteiger partial charge is 0.494 e. The van der Waals surface area contributed by atoms with Gasteiger partial charge in [-0.15, -0.1) is 0 Å². The van der Waals surface area contributed by atoms with Crippen LogP contribution < -0.4 is 4.74 Å². The lowest BCUT2D eigenvalue weighted by molar-refractivity contribution is -0.104. The minimum Gasteiger partial charge on any atom is -0.494 e. The second-order valence-corrected chi connectivity index (χ2v) is 6.46. The summed E-state index contributed by atoms with van der Waals surface area (Å²) in [6.07, 6.45) is 5.29. The Morgan fingerprint density at radius 3 is 2.25 bits per heavy atom. The van der Waals surface area contributed by atoms with E-state index in [1.807, 2.05) is 6.07 Å². The third-order valence-corrected chi connectivity index (χ3v) is 4.12. The zero-order valence-corrected chi connectivity index (χ0v) is 16.5. The zero-order valence-electron chi connectivity index (χ0n) is 16.5. The summed E-state index contributed by atoms with van der Waals surface area (Å²) in [7, 11) is 0.0242. The Labute approximate surface area is 166 Å². The number of hydrogen-bond acceptors (Lipinski definition) is 4. The quantitative estimate of drug-likeness (QED) is 0.289. The van der Waals surface area contributed by atoms with E-state index in [0.29, 0.717) is 6.29 Å². The maximum absolute atomic E-state index is 13.7. The third-order valence-electron chi connectivity index (χ3n) is 4.12. The number of carbonyl (C=O) groups excluding carboxylic acids is 1. The molecule has 0 spiro atoms. The molecule has 0 radical (unpaired) electrons. The molecule has 0 amide bonds. The number of aldehydes is 1. The van der Waals surface area contributed by atoms with Gasteiger partial charge < -0.3 is 14.8 Å². The number of ether oxygens (including phenoxy) is 1. The molecule has 2 aromatic rings. The van der Waals surface area contributed by atoms with Crippen LogP contribution in [0.2, 0.25) is 6.32 Å². The monoisotopic (exact) mass is 386 g/mol. The van der Waals surface area contributed by atoms with Crippen LogP contribution in [0, 0.1) is 5.82 Å². The van der Waals surface area contributed by atoms with Crippen LogP contribution >= 0.6 is 0 Å². The second-order valence-electron chi connectivity index (χ2n) is 6.46. The molecule has 28 heavy (non-hydrogen) atoms. The van der Waals surface area contributed by atoms with E-state index in [4.69, 9.17) is 14.8 Å². The molecule has 0 aromatic heterocycles. The van der Waals surface area contributed by atoms with Crippen molar-refractivity contribution >= 4 is 13.4 Å². The van der Waals surface area contributed by atoms with Gasteiger partial charge in [-0.05, 0) is 47.2 Å². The summed E-state index contributed by atoms with van der Waals surface area (Å²) in [4.78, 5) is 9.72. The molecule has 0 unspecified atom stereocenters. The number of hydrogen-bond donors (Lipinski definition) is 2. The summed E-state index contributed by atoms with van der Waals surface area (Å²) >= 11 is 0. The summed E-state index contributed by atoms with van der Waals surface area (Å²) in [5.74, 6) is -0.0399. The molecule has 2 rings (SSSR count). The molecular formula is C22H28BFO4. The fourth-order valence-electron chi connectivity index (χ4n) is 2.57. The third kappa shape index (κ3) is 8.50. The van der Waals surface area contributed by atoms with Gasteiger partial charge in [-0.3, -0.25) is 4.79 Å². The predicted octanol–water partition coefficient (Wildman–Crippen LogP) is 4.45. The molecule has 150 valence electrons. The van der Waals surface area contributed by atoms with Crippen LogP contribution in [0.25, 0.3) is 11.1 Å². The van der Waals surface area contributed by atoms with Crippen LogP contribution in [0.5, 0.6) is 5.75 Å². The van der Waals surface area contributed by atoms with E-state index in [1.54, 1.807) is 6.07 Å². The lowest BCUT2D eigenvalue weighted by Crippen LogP contribution is -2.10. The van der Waals surface area contributed by atoms with Gasteiger partial charge in [0.1, 0.15) is 6.29 Å². The highest BCUT2D eigenvalue weighted by atomic mass is 19.1. The van der Waals surface area contributed by atoms with E-state index in [9.17, 15) is 9.18 Å². The topological polar surface area (TPSA) is 66.8 Å². The van der Waals surface area contributed by atoms with Crippen LogP contribution in [0.15, 0.2) is 54.6 Å². The standard InChI is InChI=1S/C18H21FO.C4H7BO3/c1-3-4-5-6-14-7-9-15(10-8-14)16-11-12-18(20-2)17(19)13-16;1-4(3-6)2-5(7)8/h7-13H,3-6H2,1-2H3;3,7-8H,1-2H2. The van der Waals surface area contributed by atoms with Gasteiger partial charge in [0.05, 0.1) is 7.11 Å². The van der Waals surface area contributed by atoms with Gasteiger partial charge in [0.2, 0.25) is 0 Å². The highest BCUT2D eigenvalue weighted by Gasteiger charge is 2.07. The second kappa shape index (κ2) is 12.9. The number of rotatable bonds is 9. The van der Waals surface area contributed by atoms with Crippen LogP contribution in [0.3, 0.4) is 0 Å². The molecule has 0 aliphatic heterocycles. The Hall–Kier alpha value is -2.44. The van der Waals surface area contributed by atoms with E-state index in [2.05, 4.69) is 37.8 Å². The fourth-order valence-corrected chi connectivity index (χ4v) is 2.57. The summed E-state index contributed by atoms with van der Waals surface area (Å²) in [6, 6.07) is 13.4. The van der Waals surface area contributed by atoms with Crippen LogP contribution in [0.4, 0.5) is 4.39 Å². The minimum absolute atomic E-state index is 0.0660. The predicted molar refractivity (Wildman–Crippen MR) is 112 cm³/mol. The summed E-state index contributed by atoms with van der Waals surface area (Å²) in [5, 5.41) is 16.4. The molecule has 0 bridgehead atoms. The van der Waals surface area contributed by atoms with Crippen molar-refractivity contribution in [3.8, 4) is 16.9 Å². The van der Waals surface area contributed by atoms with E-state index >= 15 is 0 Å². The first-order valence-electron chi connectivity index (χ1n) is 9.33. The van der Waals surface area contributed by atoms with Crippen LogP contribution in [-0.2, 0) is 11.2 Å². The van der Waals surface area contributed by atoms with Gasteiger partial charge in [-0.2, -0.15) is 0 Å². The number of benzene rings is 2. The van der Waals surface area contributed by atoms with Crippen molar-refractivity contribution in [2.24, 2.45) is 0 Å². The lowest BCUT2D eigenvalue weighted by Gasteiger charge is -2.07. The van der Waals surface area contributed by atoms with E-state index < -0.39 is 7.12 Å². The normalized spacial score (nSPS) is 9.89. The van der Waals surface area contributed by atoms with Crippen LogP contribution in [-0.4, -0.2) is 30.6 Å². The molecule has 0 fully saturated rings. The Morgan fingerprint density at radius 2 is 1.79 bits per heavy atom. The first-order valence-corrected chi connectivity index (χ1v) is 9.33. The summed E-state index contributed by atoms with van der Waals surface area (Å²) in [6.45, 7) is 5.43. The average molecular weight is 386 g/mol. The van der Waals surface area contributed by atoms with E-state index in [-0.39, 0.29) is 23.5 Å². The van der Waals surface area contributed by atoms with Crippen molar-refractivity contribution in [3.05, 3.63) is 66.0 Å². The molecule has 4 nitrogen and oxygen atoms in total. The number of methoxy groups -OCH3 is 1. The van der Waals surface area contributed by atoms with Crippen molar-refractivity contribution in [1.29, 1.82) is 0 Å². The van der Waals surface area contributed by atoms with E-state index in [1.165, 1.54) is 38.0 Å². The molecule has 0 saturated heterocycles. The van der Waals surface area contributed by atoms with Gasteiger partial charge in [-0.1, -0.05) is 56.7 Å². The smallest absolute Gasteiger partial charge is 0.456 e. The van der Waals surface area contributed by atoms with Gasteiger partial charge >= 0.3 is 7.12 Å². The van der Waals surface area contributed by atoms with Gasteiger partial charge in [0, 0.05) is 6.32 Å². The van der Waals surface area contributed by atoms with Crippen LogP contribution in [0.1, 0.15) is 31.7 Å². The van der Waals surface area contributed by atoms with E-state index in [0.717, 1.165) is 17.5 Å². The molecular weight excluding hydrogens is 358 g/mol. The first-order chi connectivity index (χ1) is 13.4. The lowest BCUT2D eigenvalue weighted by atomic mass is 9.83. The molecule has 0 heterocycles. The van der Waals surface area contributed by atoms with Gasteiger partial charge in [0.25, 0.3) is 0 Å². The fraction of sp³-hybridized carbons (Fsp3) is 0.318. The molecule has 2 aromatic carbocycles. The highest BCUT2D eigenvalue weighted by Crippen LogP contribution is 2.26. The zero-order chi connectivity index (χ0) is 20.9. The van der Waals surface area contributed by atoms with Crippen molar-refractivity contribution in [2.45, 2.75) is 38.9 Å². The number of halogens is 1. The number of carbonyl (C=O) groups is 1. The van der Waals surface area contributed by atoms with Crippen molar-refractivity contribution in [1.82, 2.24) is 0 Å². The van der Waals surface area contributed by atoms with Gasteiger partial charge in [0.15, 0.2) is 11.6 Å². The Bertz CT molecular complexity index is 745. The Balaban J connectivity index is 0.000000416. The minimum atomic E-state index is -1.45. The Kier molecular flexibility index (Phi) is 10.8. The molecule has 0 aliphatic carbocycles. The summed E-state index contributed by atoms with van der Waals surface area (Å²) in [5.41, 5.74) is 3.45. The molecule has 6 heteroatoms. The number of allylic oxidation sites excluding steroid dienone is 1. The maximum Gasteiger partial charge on any atom is 0.456 e. The highest BCUT2D eigenvalue weighted by molar-refractivity contribution is 6.42. The average Bonchev–Trinajstić information content (AvgIpc) is 2.68. The van der Waals surface area contributed by atoms with Gasteiger partial charge in [-0.25, -0.2) is 4.39 Å². The SMILES string of the molecule is C=C(C=O)CB(O)O.CCCCCc1ccc(-c2ccc(OC)c(F)c2)cc1. The van der Waals surface area contributed by atoms with Crippen molar-refractivity contribution in [2.75, 3.05) is 7.11 Å². The van der Waals surface area contributed by atoms with Crippen molar-refractivity contribution < 1.29 is 24.0 Å². The molecule has 0 saturated carbocycles. The molecule has 0 aliphatic rings. The number of aryl methyl sites for hydroxylation is 1. The molecule has 2 N–H and O–H groups in total. The number of unbranched alkanes of at least 4 members (excludes halogenated alkanes) is 2. The van der Waals surface area contributed by atoms with Crippen molar-refractivity contribution in [3.63, 3.8) is 0 Å². The maximum atomic E-state index is 13.7.